The van der Waals surface area contributed by atoms with Crippen molar-refractivity contribution in [3.63, 3.8) is 0 Å². The lowest BCUT2D eigenvalue weighted by Crippen LogP contribution is -2.61. The predicted octanol–water partition coefficient (Wildman–Crippen LogP) is 2.92. The Hall–Kier alpha value is -3.42. The number of aromatic nitrogens is 1. The molecule has 1 aromatic carbocycles. The molecule has 8 nitrogen and oxygen atoms in total. The Morgan fingerprint density at radius 1 is 1.08 bits per heavy atom. The summed E-state index contributed by atoms with van der Waals surface area (Å²) in [6.07, 6.45) is 6.17. The molecule has 3 atom stereocenters. The number of aliphatic carboxylic acids is 1. The summed E-state index contributed by atoms with van der Waals surface area (Å²) in [5.74, 6) is -1.02. The number of carbonyl (C=O) groups excluding carboxylic acids is 2. The molecule has 1 aromatic heterocycles. The molecule has 1 heterocycles. The summed E-state index contributed by atoms with van der Waals surface area (Å²) >= 11 is 0. The number of benzene rings is 1. The maximum absolute atomic E-state index is 13.6. The van der Waals surface area contributed by atoms with Crippen molar-refractivity contribution in [1.82, 2.24) is 9.88 Å². The fourth-order valence-corrected chi connectivity index (χ4v) is 7.37. The van der Waals surface area contributed by atoms with E-state index < -0.39 is 22.8 Å². The number of hydrogen-bond donors (Lipinski definition) is 2. The van der Waals surface area contributed by atoms with Crippen molar-refractivity contribution in [2.24, 2.45) is 29.7 Å². The average Bonchev–Trinajstić information content (AvgIpc) is 2.84. The van der Waals surface area contributed by atoms with E-state index in [-0.39, 0.29) is 35.7 Å². The number of methoxy groups -OCH3 is 1. The quantitative estimate of drug-likeness (QED) is 0.575. The van der Waals surface area contributed by atoms with Gasteiger partial charge in [-0.1, -0.05) is 24.3 Å². The van der Waals surface area contributed by atoms with Crippen LogP contribution < -0.4 is 10.9 Å². The van der Waals surface area contributed by atoms with Gasteiger partial charge in [-0.25, -0.2) is 4.79 Å². The molecule has 4 bridgehead atoms. The SMILES string of the molecule is COC(=O)C12CC3CC(CC(C(=O)N[C@@H](Cc4ccc(-c5cccn(C)c5=O)cc4)C(=O)O)(C3)C1)C2. The van der Waals surface area contributed by atoms with Gasteiger partial charge in [-0.2, -0.15) is 0 Å². The first-order chi connectivity index (χ1) is 17.1. The van der Waals surface area contributed by atoms with Gasteiger partial charge in [-0.05, 0) is 73.6 Å². The second-order valence-corrected chi connectivity index (χ2v) is 11.1. The molecule has 4 fully saturated rings. The van der Waals surface area contributed by atoms with E-state index in [0.717, 1.165) is 30.4 Å². The molecule has 4 aliphatic carbocycles. The van der Waals surface area contributed by atoms with Gasteiger partial charge in [0.25, 0.3) is 5.56 Å². The van der Waals surface area contributed by atoms with Crippen molar-refractivity contribution in [3.05, 3.63) is 58.5 Å². The summed E-state index contributed by atoms with van der Waals surface area (Å²) in [7, 11) is 3.09. The number of rotatable bonds is 7. The smallest absolute Gasteiger partial charge is 0.326 e. The van der Waals surface area contributed by atoms with Crippen LogP contribution in [0, 0.1) is 22.7 Å². The van der Waals surface area contributed by atoms with E-state index in [1.165, 1.54) is 11.7 Å². The maximum atomic E-state index is 13.6. The molecular formula is C28H32N2O6. The number of hydrogen-bond acceptors (Lipinski definition) is 5. The molecule has 1 amide bonds. The van der Waals surface area contributed by atoms with Gasteiger partial charge in [0.15, 0.2) is 0 Å². The number of carboxylic acids is 1. The summed E-state index contributed by atoms with van der Waals surface area (Å²) in [6, 6.07) is 9.65. The fraction of sp³-hybridized carbons (Fsp3) is 0.500. The van der Waals surface area contributed by atoms with E-state index in [0.29, 0.717) is 24.8 Å². The van der Waals surface area contributed by atoms with Gasteiger partial charge in [0.05, 0.1) is 17.9 Å². The zero-order valence-electron chi connectivity index (χ0n) is 20.7. The van der Waals surface area contributed by atoms with Crippen LogP contribution in [0.25, 0.3) is 11.1 Å². The minimum atomic E-state index is -1.10. The minimum Gasteiger partial charge on any atom is -0.480 e. The molecule has 0 spiro atoms. The summed E-state index contributed by atoms with van der Waals surface area (Å²) in [6.45, 7) is 0. The molecular weight excluding hydrogens is 460 g/mol. The number of nitrogens with one attached hydrogen (secondary N) is 1. The van der Waals surface area contributed by atoms with Gasteiger partial charge in [0, 0.05) is 25.2 Å². The summed E-state index contributed by atoms with van der Waals surface area (Å²) in [5.41, 5.74) is 0.605. The standard InChI is InChI=1S/C28H32N2O6/c1-30-9-3-4-21(23(30)31)20-7-5-17(6-8-20)11-22(24(32)33)29-25(34)27-12-18-10-19(13-27)15-28(14-18,16-27)26(35)36-2/h3-9,18-19,22H,10-16H2,1-2H3,(H,29,34)(H,32,33)/t18?,19?,22-,27?,28?/m0/s1. The maximum Gasteiger partial charge on any atom is 0.326 e. The third kappa shape index (κ3) is 4.12. The number of pyridine rings is 1. The molecule has 190 valence electrons. The van der Waals surface area contributed by atoms with Crippen LogP contribution in [-0.2, 0) is 32.6 Å². The van der Waals surface area contributed by atoms with Crippen LogP contribution in [0.1, 0.15) is 44.1 Å². The lowest BCUT2D eigenvalue weighted by atomic mass is 9.44. The molecule has 2 N–H and O–H groups in total. The Morgan fingerprint density at radius 2 is 1.72 bits per heavy atom. The summed E-state index contributed by atoms with van der Waals surface area (Å²) < 4.78 is 6.64. The van der Waals surface area contributed by atoms with E-state index in [4.69, 9.17) is 4.74 Å². The molecule has 2 unspecified atom stereocenters. The Bertz CT molecular complexity index is 1250. The van der Waals surface area contributed by atoms with Gasteiger partial charge in [-0.3, -0.25) is 14.4 Å². The number of amides is 1. The monoisotopic (exact) mass is 492 g/mol. The largest absolute Gasteiger partial charge is 0.480 e. The Labute approximate surface area is 209 Å². The van der Waals surface area contributed by atoms with Crippen LogP contribution in [0.4, 0.5) is 0 Å². The van der Waals surface area contributed by atoms with Crippen molar-refractivity contribution in [1.29, 1.82) is 0 Å². The van der Waals surface area contributed by atoms with Gasteiger partial charge in [0.1, 0.15) is 6.04 Å². The van der Waals surface area contributed by atoms with Crippen LogP contribution >= 0.6 is 0 Å². The van der Waals surface area contributed by atoms with Crippen LogP contribution in [0.3, 0.4) is 0 Å². The lowest BCUT2D eigenvalue weighted by molar-refractivity contribution is -0.182. The van der Waals surface area contributed by atoms with E-state index in [9.17, 15) is 24.3 Å². The molecule has 4 saturated carbocycles. The van der Waals surface area contributed by atoms with Gasteiger partial charge >= 0.3 is 11.9 Å². The van der Waals surface area contributed by atoms with Crippen molar-refractivity contribution in [2.45, 2.75) is 51.0 Å². The van der Waals surface area contributed by atoms with Crippen LogP contribution in [0.5, 0.6) is 0 Å². The van der Waals surface area contributed by atoms with E-state index in [2.05, 4.69) is 5.32 Å². The van der Waals surface area contributed by atoms with Crippen molar-refractivity contribution < 1.29 is 24.2 Å². The average molecular weight is 493 g/mol. The highest BCUT2D eigenvalue weighted by Crippen LogP contribution is 2.65. The fourth-order valence-electron chi connectivity index (χ4n) is 7.37. The second-order valence-electron chi connectivity index (χ2n) is 11.1. The summed E-state index contributed by atoms with van der Waals surface area (Å²) in [4.78, 5) is 50.8. The van der Waals surface area contributed by atoms with Crippen molar-refractivity contribution >= 4 is 17.8 Å². The third-order valence-corrected chi connectivity index (χ3v) is 8.59. The normalized spacial score (nSPS) is 28.9. The number of ether oxygens (including phenoxy) is 1. The van der Waals surface area contributed by atoms with Crippen molar-refractivity contribution in [2.75, 3.05) is 7.11 Å². The zero-order chi connectivity index (χ0) is 25.7. The van der Waals surface area contributed by atoms with E-state index in [1.807, 2.05) is 0 Å². The van der Waals surface area contributed by atoms with Crippen LogP contribution in [0.15, 0.2) is 47.4 Å². The highest BCUT2D eigenvalue weighted by Gasteiger charge is 2.63. The topological polar surface area (TPSA) is 115 Å². The molecule has 2 aromatic rings. The third-order valence-electron chi connectivity index (χ3n) is 8.59. The van der Waals surface area contributed by atoms with Crippen LogP contribution in [-0.4, -0.2) is 40.7 Å². The van der Waals surface area contributed by atoms with Gasteiger partial charge < -0.3 is 19.7 Å². The Morgan fingerprint density at radius 3 is 2.33 bits per heavy atom. The van der Waals surface area contributed by atoms with Gasteiger partial charge in [0.2, 0.25) is 5.91 Å². The second kappa shape index (κ2) is 8.91. The van der Waals surface area contributed by atoms with Crippen LogP contribution in [0.2, 0.25) is 0 Å². The number of carbonyl (C=O) groups is 3. The molecule has 8 heteroatoms. The highest BCUT2D eigenvalue weighted by atomic mass is 16.5. The molecule has 36 heavy (non-hydrogen) atoms. The highest BCUT2D eigenvalue weighted by molar-refractivity contribution is 5.89. The molecule has 0 radical (unpaired) electrons. The molecule has 0 aliphatic heterocycles. The first-order valence-electron chi connectivity index (χ1n) is 12.5. The Kier molecular flexibility index (Phi) is 6.01. The number of carboxylic acid groups (broad SMARTS) is 1. The van der Waals surface area contributed by atoms with E-state index in [1.54, 1.807) is 49.6 Å². The number of esters is 1. The number of aryl methyl sites for hydroxylation is 1. The first kappa shape index (κ1) is 24.3. The van der Waals surface area contributed by atoms with Crippen molar-refractivity contribution in [3.8, 4) is 11.1 Å². The number of nitrogens with zero attached hydrogens (tertiary/aromatic N) is 1. The summed E-state index contributed by atoms with van der Waals surface area (Å²) in [5, 5.41) is 12.7. The van der Waals surface area contributed by atoms with E-state index >= 15 is 0 Å². The predicted molar refractivity (Wildman–Crippen MR) is 132 cm³/mol. The zero-order valence-corrected chi connectivity index (χ0v) is 20.7. The Balaban J connectivity index is 1.33. The minimum absolute atomic E-state index is 0.110. The molecule has 0 saturated heterocycles. The van der Waals surface area contributed by atoms with Gasteiger partial charge in [-0.15, -0.1) is 0 Å². The molecule has 4 aliphatic rings. The molecule has 6 rings (SSSR count). The first-order valence-corrected chi connectivity index (χ1v) is 12.5. The lowest BCUT2D eigenvalue weighted by Gasteiger charge is -2.59.